The quantitative estimate of drug-likeness (QED) is 0.751. The standard InChI is InChI=1S/C12H21N3/c1-6-7-8-11(13-4)12-9(2)14-15(5)10(12)3/h6,11,13H,1,7-8H2,2-5H3. The maximum atomic E-state index is 4.44. The zero-order valence-corrected chi connectivity index (χ0v) is 10.2. The number of rotatable bonds is 5. The van der Waals surface area contributed by atoms with Crippen LogP contribution in [-0.4, -0.2) is 16.8 Å². The van der Waals surface area contributed by atoms with E-state index in [4.69, 9.17) is 0 Å². The van der Waals surface area contributed by atoms with Crippen LogP contribution < -0.4 is 5.32 Å². The van der Waals surface area contributed by atoms with Crippen LogP contribution in [0.4, 0.5) is 0 Å². The maximum Gasteiger partial charge on any atom is 0.0644 e. The topological polar surface area (TPSA) is 29.9 Å². The fraction of sp³-hybridized carbons (Fsp3) is 0.583. The zero-order valence-electron chi connectivity index (χ0n) is 10.2. The minimum atomic E-state index is 0.386. The molecule has 0 saturated carbocycles. The lowest BCUT2D eigenvalue weighted by Gasteiger charge is -2.16. The van der Waals surface area contributed by atoms with Crippen molar-refractivity contribution in [2.75, 3.05) is 7.05 Å². The van der Waals surface area contributed by atoms with E-state index in [1.807, 2.05) is 24.9 Å². The first kappa shape index (κ1) is 12.0. The minimum Gasteiger partial charge on any atom is -0.313 e. The molecule has 84 valence electrons. The molecule has 0 aromatic carbocycles. The molecule has 0 bridgehead atoms. The van der Waals surface area contributed by atoms with Crippen molar-refractivity contribution in [3.63, 3.8) is 0 Å². The second kappa shape index (κ2) is 5.12. The van der Waals surface area contributed by atoms with Gasteiger partial charge in [-0.3, -0.25) is 4.68 Å². The van der Waals surface area contributed by atoms with Crippen LogP contribution in [-0.2, 0) is 7.05 Å². The van der Waals surface area contributed by atoms with Gasteiger partial charge >= 0.3 is 0 Å². The summed E-state index contributed by atoms with van der Waals surface area (Å²) in [6, 6.07) is 0.386. The van der Waals surface area contributed by atoms with Gasteiger partial charge in [-0.15, -0.1) is 6.58 Å². The van der Waals surface area contributed by atoms with Crippen LogP contribution in [0.2, 0.25) is 0 Å². The van der Waals surface area contributed by atoms with Crippen LogP contribution in [0.5, 0.6) is 0 Å². The van der Waals surface area contributed by atoms with Gasteiger partial charge in [-0.2, -0.15) is 5.10 Å². The lowest BCUT2D eigenvalue weighted by molar-refractivity contribution is 0.548. The van der Waals surface area contributed by atoms with Gasteiger partial charge in [0.05, 0.1) is 5.69 Å². The van der Waals surface area contributed by atoms with Crippen molar-refractivity contribution in [3.05, 3.63) is 29.6 Å². The van der Waals surface area contributed by atoms with Crippen molar-refractivity contribution in [3.8, 4) is 0 Å². The van der Waals surface area contributed by atoms with E-state index >= 15 is 0 Å². The van der Waals surface area contributed by atoms with Gasteiger partial charge in [0.15, 0.2) is 0 Å². The highest BCUT2D eigenvalue weighted by atomic mass is 15.3. The normalized spacial score (nSPS) is 12.8. The van der Waals surface area contributed by atoms with Crippen molar-refractivity contribution in [2.24, 2.45) is 7.05 Å². The molecular weight excluding hydrogens is 186 g/mol. The van der Waals surface area contributed by atoms with Gasteiger partial charge in [0.1, 0.15) is 0 Å². The first-order chi connectivity index (χ1) is 7.11. The van der Waals surface area contributed by atoms with Crippen molar-refractivity contribution < 1.29 is 0 Å². The van der Waals surface area contributed by atoms with E-state index < -0.39 is 0 Å². The molecule has 1 N–H and O–H groups in total. The Morgan fingerprint density at radius 2 is 2.20 bits per heavy atom. The van der Waals surface area contributed by atoms with Gasteiger partial charge < -0.3 is 5.32 Å². The minimum absolute atomic E-state index is 0.386. The molecule has 1 rings (SSSR count). The molecule has 0 aliphatic rings. The number of nitrogens with zero attached hydrogens (tertiary/aromatic N) is 2. The molecule has 0 amide bonds. The van der Waals surface area contributed by atoms with Gasteiger partial charge in [0, 0.05) is 24.3 Å². The third-order valence-corrected chi connectivity index (χ3v) is 2.92. The Hall–Kier alpha value is -1.09. The zero-order chi connectivity index (χ0) is 11.4. The molecule has 0 aliphatic carbocycles. The Morgan fingerprint density at radius 1 is 1.53 bits per heavy atom. The molecule has 1 aromatic rings. The van der Waals surface area contributed by atoms with Crippen molar-refractivity contribution in [1.82, 2.24) is 15.1 Å². The summed E-state index contributed by atoms with van der Waals surface area (Å²) in [6.45, 7) is 7.95. The second-order valence-corrected chi connectivity index (χ2v) is 3.92. The molecule has 1 aromatic heterocycles. The lowest BCUT2D eigenvalue weighted by Crippen LogP contribution is -2.17. The molecule has 15 heavy (non-hydrogen) atoms. The first-order valence-electron chi connectivity index (χ1n) is 5.40. The highest BCUT2D eigenvalue weighted by molar-refractivity contribution is 5.28. The van der Waals surface area contributed by atoms with Gasteiger partial charge in [0.2, 0.25) is 0 Å². The molecule has 0 spiro atoms. The molecule has 0 radical (unpaired) electrons. The molecule has 3 heteroatoms. The van der Waals surface area contributed by atoms with E-state index in [9.17, 15) is 0 Å². The molecule has 0 fully saturated rings. The SMILES string of the molecule is C=CCCC(NC)c1c(C)nn(C)c1C. The molecular formula is C12H21N3. The highest BCUT2D eigenvalue weighted by Crippen LogP contribution is 2.24. The number of aromatic nitrogens is 2. The number of hydrogen-bond acceptors (Lipinski definition) is 2. The van der Waals surface area contributed by atoms with Crippen LogP contribution in [0, 0.1) is 13.8 Å². The fourth-order valence-electron chi connectivity index (χ4n) is 2.01. The molecule has 1 heterocycles. The molecule has 0 saturated heterocycles. The Balaban J connectivity index is 2.95. The lowest BCUT2D eigenvalue weighted by atomic mass is 10.0. The average Bonchev–Trinajstić information content (AvgIpc) is 2.45. The van der Waals surface area contributed by atoms with Crippen molar-refractivity contribution in [1.29, 1.82) is 0 Å². The Kier molecular flexibility index (Phi) is 4.09. The monoisotopic (exact) mass is 207 g/mol. The summed E-state index contributed by atoms with van der Waals surface area (Å²) < 4.78 is 1.95. The van der Waals surface area contributed by atoms with E-state index in [2.05, 4.69) is 30.8 Å². The van der Waals surface area contributed by atoms with Crippen LogP contribution >= 0.6 is 0 Å². The third kappa shape index (κ3) is 2.48. The summed E-state index contributed by atoms with van der Waals surface area (Å²) in [7, 11) is 3.99. The smallest absolute Gasteiger partial charge is 0.0644 e. The largest absolute Gasteiger partial charge is 0.313 e. The van der Waals surface area contributed by atoms with E-state index in [0.717, 1.165) is 18.5 Å². The number of aryl methyl sites for hydroxylation is 2. The summed E-state index contributed by atoms with van der Waals surface area (Å²) in [5.74, 6) is 0. The van der Waals surface area contributed by atoms with Crippen LogP contribution in [0.1, 0.15) is 35.8 Å². The fourth-order valence-corrected chi connectivity index (χ4v) is 2.01. The summed E-state index contributed by atoms with van der Waals surface area (Å²) in [4.78, 5) is 0. The van der Waals surface area contributed by atoms with E-state index in [-0.39, 0.29) is 0 Å². The molecule has 1 unspecified atom stereocenters. The molecule has 1 atom stereocenters. The number of nitrogens with one attached hydrogen (secondary N) is 1. The van der Waals surface area contributed by atoms with E-state index in [0.29, 0.717) is 6.04 Å². The summed E-state index contributed by atoms with van der Waals surface area (Å²) in [5, 5.41) is 7.79. The van der Waals surface area contributed by atoms with Crippen LogP contribution in [0.3, 0.4) is 0 Å². The summed E-state index contributed by atoms with van der Waals surface area (Å²) in [5.41, 5.74) is 3.70. The maximum absolute atomic E-state index is 4.44. The summed E-state index contributed by atoms with van der Waals surface area (Å²) >= 11 is 0. The number of allylic oxidation sites excluding steroid dienone is 1. The van der Waals surface area contributed by atoms with Crippen molar-refractivity contribution in [2.45, 2.75) is 32.7 Å². The van der Waals surface area contributed by atoms with Gasteiger partial charge in [-0.1, -0.05) is 6.08 Å². The third-order valence-electron chi connectivity index (χ3n) is 2.92. The van der Waals surface area contributed by atoms with Gasteiger partial charge in [-0.05, 0) is 33.7 Å². The van der Waals surface area contributed by atoms with Crippen LogP contribution in [0.15, 0.2) is 12.7 Å². The highest BCUT2D eigenvalue weighted by Gasteiger charge is 2.17. The average molecular weight is 207 g/mol. The predicted molar refractivity (Wildman–Crippen MR) is 63.9 cm³/mol. The predicted octanol–water partition coefficient (Wildman–Crippen LogP) is 2.26. The summed E-state index contributed by atoms with van der Waals surface area (Å²) in [6.07, 6.45) is 4.07. The Morgan fingerprint density at radius 3 is 2.60 bits per heavy atom. The van der Waals surface area contributed by atoms with Gasteiger partial charge in [-0.25, -0.2) is 0 Å². The van der Waals surface area contributed by atoms with Crippen LogP contribution in [0.25, 0.3) is 0 Å². The second-order valence-electron chi connectivity index (χ2n) is 3.92. The molecule has 3 nitrogen and oxygen atoms in total. The van der Waals surface area contributed by atoms with E-state index in [1.54, 1.807) is 0 Å². The van der Waals surface area contributed by atoms with E-state index in [1.165, 1.54) is 11.3 Å². The Labute approximate surface area is 92.2 Å². The first-order valence-corrected chi connectivity index (χ1v) is 5.40. The number of hydrogen-bond donors (Lipinski definition) is 1. The van der Waals surface area contributed by atoms with Gasteiger partial charge in [0.25, 0.3) is 0 Å². The van der Waals surface area contributed by atoms with Crippen molar-refractivity contribution >= 4 is 0 Å². The molecule has 0 aliphatic heterocycles. The Bertz CT molecular complexity index is 339.